The molecular weight excluding hydrogens is 298 g/mol. The van der Waals surface area contributed by atoms with Crippen molar-refractivity contribution in [2.75, 3.05) is 0 Å². The molecule has 0 radical (unpaired) electrons. The summed E-state index contributed by atoms with van der Waals surface area (Å²) in [5.74, 6) is -20.8. The summed E-state index contributed by atoms with van der Waals surface area (Å²) in [6.07, 6.45) is 0. The molecule has 1 saturated heterocycles. The van der Waals surface area contributed by atoms with Crippen LogP contribution in [-0.4, -0.2) is 32.8 Å². The van der Waals surface area contributed by atoms with Crippen molar-refractivity contribution < 1.29 is 48.5 Å². The van der Waals surface area contributed by atoms with Crippen molar-refractivity contribution in [1.82, 2.24) is 0 Å². The SMILES string of the molecule is [O-][S+]1C(F)(F)C(F)(F)C(F)(F)C(F)(F)C1(F)F. The third-order valence-electron chi connectivity index (χ3n) is 1.99. The molecule has 0 amide bonds. The van der Waals surface area contributed by atoms with Crippen LogP contribution in [0.1, 0.15) is 0 Å². The second-order valence-electron chi connectivity index (χ2n) is 3.03. The van der Waals surface area contributed by atoms with E-state index in [1.54, 1.807) is 0 Å². The fourth-order valence-electron chi connectivity index (χ4n) is 0.957. The van der Waals surface area contributed by atoms with Gasteiger partial charge in [0.15, 0.2) is 0 Å². The first kappa shape index (κ1) is 14.7. The Bertz CT molecular complexity index is 308. The number of hydrogen-bond acceptors (Lipinski definition) is 1. The summed E-state index contributed by atoms with van der Waals surface area (Å²) in [5.41, 5.74) is 0. The lowest BCUT2D eigenvalue weighted by Gasteiger charge is -2.44. The summed E-state index contributed by atoms with van der Waals surface area (Å²) in [6, 6.07) is 0. The van der Waals surface area contributed by atoms with Crippen molar-refractivity contribution in [2.45, 2.75) is 28.3 Å². The summed E-state index contributed by atoms with van der Waals surface area (Å²) < 4.78 is 134. The third kappa shape index (κ3) is 1.28. The van der Waals surface area contributed by atoms with E-state index in [2.05, 4.69) is 0 Å². The van der Waals surface area contributed by atoms with Crippen LogP contribution in [0.2, 0.25) is 0 Å². The van der Waals surface area contributed by atoms with Gasteiger partial charge in [0.25, 0.3) is 0 Å². The molecule has 12 heteroatoms. The van der Waals surface area contributed by atoms with E-state index in [4.69, 9.17) is 0 Å². The zero-order valence-corrected chi connectivity index (χ0v) is 7.91. The fourth-order valence-corrected chi connectivity index (χ4v) is 2.00. The van der Waals surface area contributed by atoms with Crippen molar-refractivity contribution in [3.63, 3.8) is 0 Å². The fraction of sp³-hybridized carbons (Fsp3) is 1.00. The van der Waals surface area contributed by atoms with Crippen LogP contribution < -0.4 is 0 Å². The second kappa shape index (κ2) is 3.13. The minimum absolute atomic E-state index is 5.49. The van der Waals surface area contributed by atoms with E-state index in [1.165, 1.54) is 0 Å². The van der Waals surface area contributed by atoms with Gasteiger partial charge in [-0.3, -0.25) is 0 Å². The van der Waals surface area contributed by atoms with Gasteiger partial charge in [-0.25, -0.2) is 0 Å². The molecule has 0 unspecified atom stereocenters. The molecule has 1 aliphatic rings. The van der Waals surface area contributed by atoms with Crippen molar-refractivity contribution in [1.29, 1.82) is 0 Å². The molecule has 17 heavy (non-hydrogen) atoms. The van der Waals surface area contributed by atoms with Gasteiger partial charge in [0.2, 0.25) is 0 Å². The molecule has 102 valence electrons. The van der Waals surface area contributed by atoms with E-state index in [1.807, 2.05) is 0 Å². The minimum Gasteiger partial charge on any atom is -0.607 e. The lowest BCUT2D eigenvalue weighted by molar-refractivity contribution is -0.389. The first-order valence-corrected chi connectivity index (χ1v) is 4.61. The Kier molecular flexibility index (Phi) is 2.70. The largest absolute Gasteiger partial charge is 0.607 e. The summed E-state index contributed by atoms with van der Waals surface area (Å²) in [4.78, 5) is 0. The average Bonchev–Trinajstić information content (AvgIpc) is 2.13. The van der Waals surface area contributed by atoms with Crippen LogP contribution in [-0.2, 0) is 11.2 Å². The molecule has 0 aromatic carbocycles. The van der Waals surface area contributed by atoms with E-state index in [9.17, 15) is 48.5 Å². The summed E-state index contributed by atoms with van der Waals surface area (Å²) >= 11 is -5.49. The molecule has 0 aromatic heterocycles. The quantitative estimate of drug-likeness (QED) is 0.498. The topological polar surface area (TPSA) is 23.1 Å². The highest BCUT2D eigenvalue weighted by Crippen LogP contribution is 2.65. The van der Waals surface area contributed by atoms with Crippen LogP contribution in [0.3, 0.4) is 0 Å². The minimum atomic E-state index is -7.04. The molecule has 0 aliphatic carbocycles. The molecule has 1 aliphatic heterocycles. The van der Waals surface area contributed by atoms with Crippen LogP contribution in [0.5, 0.6) is 0 Å². The lowest BCUT2D eigenvalue weighted by Crippen LogP contribution is -2.77. The maximum Gasteiger partial charge on any atom is 0.483 e. The normalized spacial score (nSPS) is 33.4. The molecule has 0 N–H and O–H groups in total. The van der Waals surface area contributed by atoms with E-state index < -0.39 is 39.5 Å². The van der Waals surface area contributed by atoms with Gasteiger partial charge in [-0.2, -0.15) is 26.3 Å². The van der Waals surface area contributed by atoms with Gasteiger partial charge in [-0.15, -0.1) is 17.6 Å². The highest BCUT2D eigenvalue weighted by Gasteiger charge is 3.00. The van der Waals surface area contributed by atoms with Gasteiger partial charge >= 0.3 is 28.3 Å². The molecule has 1 nitrogen and oxygen atoms in total. The van der Waals surface area contributed by atoms with Crippen LogP contribution in [0.4, 0.5) is 43.9 Å². The van der Waals surface area contributed by atoms with E-state index in [0.717, 1.165) is 0 Å². The predicted molar refractivity (Wildman–Crippen MR) is 32.9 cm³/mol. The molecule has 0 aromatic rings. The van der Waals surface area contributed by atoms with E-state index in [0.29, 0.717) is 0 Å². The summed E-state index contributed by atoms with van der Waals surface area (Å²) in [5, 5.41) is -13.0. The maximum atomic E-state index is 12.4. The Morgan fingerprint density at radius 2 is 0.765 bits per heavy atom. The Morgan fingerprint density at radius 1 is 0.529 bits per heavy atom. The molecule has 0 bridgehead atoms. The Balaban J connectivity index is 3.56. The summed E-state index contributed by atoms with van der Waals surface area (Å²) in [6.45, 7) is 0. The molecule has 0 saturated carbocycles. The van der Waals surface area contributed by atoms with Crippen LogP contribution >= 0.6 is 0 Å². The van der Waals surface area contributed by atoms with Crippen LogP contribution in [0, 0.1) is 0 Å². The first-order chi connectivity index (χ1) is 7.15. The Hall–Kier alpha value is -0.390. The summed E-state index contributed by atoms with van der Waals surface area (Å²) in [7, 11) is 0. The zero-order chi connectivity index (χ0) is 14.1. The van der Waals surface area contributed by atoms with Gasteiger partial charge in [0, 0.05) is 0 Å². The zero-order valence-electron chi connectivity index (χ0n) is 7.10. The van der Waals surface area contributed by atoms with Crippen molar-refractivity contribution >= 4 is 11.2 Å². The molecule has 1 rings (SSSR count). The Morgan fingerprint density at radius 3 is 1.00 bits per heavy atom. The lowest BCUT2D eigenvalue weighted by atomic mass is 10.0. The van der Waals surface area contributed by atoms with Crippen LogP contribution in [0.15, 0.2) is 0 Å². The number of halogens is 10. The molecular formula is C5F10OS. The molecule has 0 spiro atoms. The number of alkyl halides is 10. The van der Waals surface area contributed by atoms with Gasteiger partial charge in [-0.05, 0) is 0 Å². The highest BCUT2D eigenvalue weighted by atomic mass is 32.2. The first-order valence-electron chi connectivity index (χ1n) is 3.46. The van der Waals surface area contributed by atoms with E-state index in [-0.39, 0.29) is 0 Å². The van der Waals surface area contributed by atoms with E-state index >= 15 is 0 Å². The highest BCUT2D eigenvalue weighted by molar-refractivity contribution is 7.93. The monoisotopic (exact) mass is 298 g/mol. The number of hydrogen-bond donors (Lipinski definition) is 0. The molecule has 0 atom stereocenters. The van der Waals surface area contributed by atoms with Crippen molar-refractivity contribution in [3.8, 4) is 0 Å². The molecule has 1 heterocycles. The van der Waals surface area contributed by atoms with Gasteiger partial charge in [0.1, 0.15) is 11.2 Å². The number of rotatable bonds is 0. The standard InChI is InChI=1S/C5F10OS/c6-1(7)2(8,9)4(12,13)17(16)5(14,15)3(1,10)11. The third-order valence-corrected chi connectivity index (χ3v) is 3.43. The second-order valence-corrected chi connectivity index (χ2v) is 4.59. The van der Waals surface area contributed by atoms with Gasteiger partial charge < -0.3 is 4.55 Å². The Labute approximate surface area is 88.9 Å². The maximum absolute atomic E-state index is 12.4. The predicted octanol–water partition coefficient (Wildman–Crippen LogP) is 2.84. The van der Waals surface area contributed by atoms with Crippen LogP contribution in [0.25, 0.3) is 0 Å². The van der Waals surface area contributed by atoms with Crippen molar-refractivity contribution in [3.05, 3.63) is 0 Å². The van der Waals surface area contributed by atoms with Gasteiger partial charge in [0.05, 0.1) is 0 Å². The van der Waals surface area contributed by atoms with Gasteiger partial charge in [-0.1, -0.05) is 0 Å². The average molecular weight is 298 g/mol. The van der Waals surface area contributed by atoms with Crippen molar-refractivity contribution in [2.24, 2.45) is 0 Å². The smallest absolute Gasteiger partial charge is 0.483 e. The molecule has 1 fully saturated rings.